The van der Waals surface area contributed by atoms with Crippen molar-refractivity contribution in [2.45, 2.75) is 0 Å². The molecule has 11 rings (SSSR count). The minimum absolute atomic E-state index is 0.876. The minimum atomic E-state index is 0.876. The van der Waals surface area contributed by atoms with Crippen LogP contribution in [-0.2, 0) is 0 Å². The van der Waals surface area contributed by atoms with E-state index in [-0.39, 0.29) is 0 Å². The van der Waals surface area contributed by atoms with E-state index in [0.29, 0.717) is 0 Å². The van der Waals surface area contributed by atoms with Gasteiger partial charge in [-0.15, -0.1) is 0 Å². The van der Waals surface area contributed by atoms with Gasteiger partial charge < -0.3 is 13.9 Å². The molecule has 9 aromatic carbocycles. The van der Waals surface area contributed by atoms with Crippen LogP contribution in [0.2, 0.25) is 0 Å². The molecule has 0 aliphatic rings. The predicted molar refractivity (Wildman–Crippen MR) is 223 cm³/mol. The molecule has 0 N–H and O–H groups in total. The summed E-state index contributed by atoms with van der Waals surface area (Å²) in [6.07, 6.45) is 0. The number of fused-ring (bicyclic) bond motifs is 8. The largest absolute Gasteiger partial charge is 0.454 e. The van der Waals surface area contributed by atoms with Crippen LogP contribution in [0.5, 0.6) is 0 Å². The quantitative estimate of drug-likeness (QED) is 0.181. The summed E-state index contributed by atoms with van der Waals surface area (Å²) in [4.78, 5) is 2.36. The van der Waals surface area contributed by atoms with Crippen molar-refractivity contribution in [3.05, 3.63) is 194 Å². The first kappa shape index (κ1) is 29.6. The van der Waals surface area contributed by atoms with Gasteiger partial charge >= 0.3 is 0 Å². The van der Waals surface area contributed by atoms with E-state index in [9.17, 15) is 0 Å². The van der Waals surface area contributed by atoms with Gasteiger partial charge in [0, 0.05) is 38.3 Å². The number of furan rings is 1. The van der Waals surface area contributed by atoms with E-state index in [4.69, 9.17) is 4.42 Å². The van der Waals surface area contributed by atoms with Gasteiger partial charge in [0.25, 0.3) is 0 Å². The van der Waals surface area contributed by atoms with Crippen molar-refractivity contribution in [2.24, 2.45) is 0 Å². The summed E-state index contributed by atoms with van der Waals surface area (Å²) >= 11 is 0. The van der Waals surface area contributed by atoms with Gasteiger partial charge in [0.15, 0.2) is 5.58 Å². The fourth-order valence-corrected chi connectivity index (χ4v) is 8.28. The fraction of sp³-hybridized carbons (Fsp3) is 0. The fourth-order valence-electron chi connectivity index (χ4n) is 8.28. The zero-order valence-electron chi connectivity index (χ0n) is 28.8. The van der Waals surface area contributed by atoms with E-state index in [1.54, 1.807) is 0 Å². The van der Waals surface area contributed by atoms with Crippen LogP contribution in [0.1, 0.15) is 0 Å². The standard InChI is InChI=1S/C50H32N2O/c1-2-14-38(15-3-1)51-46-20-8-6-17-41(46)44-32-37(27-29-47(44)51)34-24-25-36-31-39(28-26-35(36)30-34)52(45-21-10-13-33-12-4-5-16-40(33)45)48-22-11-19-43-42-18-7-9-23-49(42)53-50(43)48/h1-32H. The molecule has 0 unspecified atom stereocenters. The van der Waals surface area contributed by atoms with Crippen molar-refractivity contribution in [1.82, 2.24) is 4.57 Å². The third-order valence-electron chi connectivity index (χ3n) is 10.7. The Hall–Kier alpha value is -7.10. The average molecular weight is 677 g/mol. The van der Waals surface area contributed by atoms with Crippen LogP contribution in [0.15, 0.2) is 199 Å². The first-order chi connectivity index (χ1) is 26.3. The van der Waals surface area contributed by atoms with Gasteiger partial charge in [-0.05, 0) is 94.0 Å². The molecule has 248 valence electrons. The molecule has 11 aromatic rings. The molecule has 0 saturated heterocycles. The molecule has 0 atom stereocenters. The van der Waals surface area contributed by atoms with E-state index in [0.717, 1.165) is 39.0 Å². The zero-order valence-corrected chi connectivity index (χ0v) is 28.8. The first-order valence-corrected chi connectivity index (χ1v) is 18.1. The maximum atomic E-state index is 6.61. The second kappa shape index (κ2) is 11.7. The lowest BCUT2D eigenvalue weighted by Gasteiger charge is -2.27. The lowest BCUT2D eigenvalue weighted by atomic mass is 9.99. The lowest BCUT2D eigenvalue weighted by Crippen LogP contribution is -2.10. The van der Waals surface area contributed by atoms with Crippen molar-refractivity contribution < 1.29 is 4.42 Å². The molecule has 53 heavy (non-hydrogen) atoms. The van der Waals surface area contributed by atoms with Crippen molar-refractivity contribution in [3.8, 4) is 16.8 Å². The van der Waals surface area contributed by atoms with Crippen LogP contribution < -0.4 is 4.90 Å². The van der Waals surface area contributed by atoms with E-state index in [1.807, 2.05) is 12.1 Å². The van der Waals surface area contributed by atoms with E-state index >= 15 is 0 Å². The predicted octanol–water partition coefficient (Wildman–Crippen LogP) is 14.1. The Labute approximate surface area is 306 Å². The molecule has 2 aromatic heterocycles. The summed E-state index contributed by atoms with van der Waals surface area (Å²) in [7, 11) is 0. The summed E-state index contributed by atoms with van der Waals surface area (Å²) in [5, 5.41) is 9.49. The monoisotopic (exact) mass is 676 g/mol. The van der Waals surface area contributed by atoms with Gasteiger partial charge in [-0.2, -0.15) is 0 Å². The van der Waals surface area contributed by atoms with Crippen LogP contribution in [0.4, 0.5) is 17.1 Å². The number of hydrogen-bond donors (Lipinski definition) is 0. The minimum Gasteiger partial charge on any atom is -0.454 e. The highest BCUT2D eigenvalue weighted by atomic mass is 16.3. The highest BCUT2D eigenvalue weighted by molar-refractivity contribution is 6.13. The summed E-state index contributed by atoms with van der Waals surface area (Å²) in [5.41, 5.74) is 10.9. The molecule has 2 heterocycles. The van der Waals surface area contributed by atoms with E-state index < -0.39 is 0 Å². The number of para-hydroxylation sites is 4. The number of rotatable bonds is 5. The Morgan fingerprint density at radius 2 is 1.02 bits per heavy atom. The normalized spacial score (nSPS) is 11.8. The first-order valence-electron chi connectivity index (χ1n) is 18.1. The SMILES string of the molecule is c1ccc(-n2c3ccccc3c3cc(-c4ccc5cc(N(c6cccc7ccccc67)c6cccc7c6oc6ccccc67)ccc5c4)ccc32)cc1. The molecule has 0 aliphatic heterocycles. The molecule has 0 aliphatic carbocycles. The van der Waals surface area contributed by atoms with Gasteiger partial charge in [0.05, 0.1) is 22.4 Å². The highest BCUT2D eigenvalue weighted by Crippen LogP contribution is 2.45. The van der Waals surface area contributed by atoms with Crippen molar-refractivity contribution >= 4 is 82.4 Å². The molecular formula is C50H32N2O. The third kappa shape index (κ3) is 4.68. The Morgan fingerprint density at radius 3 is 1.94 bits per heavy atom. The summed E-state index contributed by atoms with van der Waals surface area (Å²) in [6.45, 7) is 0. The molecule has 0 bridgehead atoms. The van der Waals surface area contributed by atoms with Gasteiger partial charge in [-0.3, -0.25) is 0 Å². The Morgan fingerprint density at radius 1 is 0.377 bits per heavy atom. The zero-order chi connectivity index (χ0) is 34.9. The highest BCUT2D eigenvalue weighted by Gasteiger charge is 2.21. The maximum Gasteiger partial charge on any atom is 0.159 e. The molecule has 0 amide bonds. The summed E-state index contributed by atoms with van der Waals surface area (Å²) in [5.74, 6) is 0. The lowest BCUT2D eigenvalue weighted by molar-refractivity contribution is 0.669. The molecule has 3 nitrogen and oxygen atoms in total. The van der Waals surface area contributed by atoms with E-state index in [2.05, 4.69) is 191 Å². The van der Waals surface area contributed by atoms with Crippen LogP contribution in [0.25, 0.3) is 82.1 Å². The number of nitrogens with zero attached hydrogens (tertiary/aromatic N) is 2. The second-order valence-corrected chi connectivity index (χ2v) is 13.8. The van der Waals surface area contributed by atoms with Crippen LogP contribution in [-0.4, -0.2) is 4.57 Å². The molecule has 0 fully saturated rings. The van der Waals surface area contributed by atoms with Gasteiger partial charge in [0.1, 0.15) is 5.58 Å². The Kier molecular flexibility index (Phi) is 6.55. The van der Waals surface area contributed by atoms with Crippen molar-refractivity contribution in [3.63, 3.8) is 0 Å². The van der Waals surface area contributed by atoms with Crippen LogP contribution in [0.3, 0.4) is 0 Å². The van der Waals surface area contributed by atoms with Crippen LogP contribution in [0, 0.1) is 0 Å². The summed E-state index contributed by atoms with van der Waals surface area (Å²) < 4.78 is 8.98. The number of benzene rings is 9. The second-order valence-electron chi connectivity index (χ2n) is 13.8. The summed E-state index contributed by atoms with van der Waals surface area (Å²) in [6, 6.07) is 69.7. The smallest absolute Gasteiger partial charge is 0.159 e. The molecule has 3 heteroatoms. The Bertz CT molecular complexity index is 3180. The van der Waals surface area contributed by atoms with E-state index in [1.165, 1.54) is 60.2 Å². The molecule has 0 radical (unpaired) electrons. The maximum absolute atomic E-state index is 6.61. The van der Waals surface area contributed by atoms with Gasteiger partial charge in [-0.1, -0.05) is 127 Å². The number of aromatic nitrogens is 1. The number of hydrogen-bond acceptors (Lipinski definition) is 2. The topological polar surface area (TPSA) is 21.3 Å². The average Bonchev–Trinajstić information content (AvgIpc) is 3.77. The van der Waals surface area contributed by atoms with Gasteiger partial charge in [0.2, 0.25) is 0 Å². The molecular weight excluding hydrogens is 645 g/mol. The third-order valence-corrected chi connectivity index (χ3v) is 10.7. The van der Waals surface area contributed by atoms with Gasteiger partial charge in [-0.25, -0.2) is 0 Å². The molecule has 0 saturated carbocycles. The van der Waals surface area contributed by atoms with Crippen LogP contribution >= 0.6 is 0 Å². The Balaban J connectivity index is 1.06. The van der Waals surface area contributed by atoms with Crippen molar-refractivity contribution in [2.75, 3.05) is 4.90 Å². The van der Waals surface area contributed by atoms with Crippen molar-refractivity contribution in [1.29, 1.82) is 0 Å². The number of anilines is 3. The molecule has 0 spiro atoms.